The highest BCUT2D eigenvalue weighted by atomic mass is 16.2. The zero-order valence-corrected chi connectivity index (χ0v) is 18.4. The lowest BCUT2D eigenvalue weighted by molar-refractivity contribution is -0.926. The number of benzene rings is 1. The van der Waals surface area contributed by atoms with Crippen LogP contribution in [0.5, 0.6) is 0 Å². The van der Waals surface area contributed by atoms with Gasteiger partial charge in [0.15, 0.2) is 11.2 Å². The van der Waals surface area contributed by atoms with E-state index in [4.69, 9.17) is 0 Å². The molecule has 1 aromatic carbocycles. The summed E-state index contributed by atoms with van der Waals surface area (Å²) in [7, 11) is 5.42. The average molecular weight is 411 g/mol. The van der Waals surface area contributed by atoms with Crippen LogP contribution in [0, 0.1) is 0 Å². The molecule has 0 saturated carbocycles. The van der Waals surface area contributed by atoms with Gasteiger partial charge in [0.1, 0.15) is 0 Å². The van der Waals surface area contributed by atoms with E-state index >= 15 is 0 Å². The van der Waals surface area contributed by atoms with E-state index in [1.807, 2.05) is 16.7 Å². The van der Waals surface area contributed by atoms with Crippen molar-refractivity contribution in [2.24, 2.45) is 14.1 Å². The second kappa shape index (κ2) is 8.83. The Morgan fingerprint density at radius 2 is 1.87 bits per heavy atom. The molecule has 2 unspecified atom stereocenters. The van der Waals surface area contributed by atoms with E-state index in [-0.39, 0.29) is 11.2 Å². The highest BCUT2D eigenvalue weighted by Gasteiger charge is 2.28. The molecule has 0 saturated heterocycles. The van der Waals surface area contributed by atoms with Crippen molar-refractivity contribution in [2.75, 3.05) is 20.1 Å². The van der Waals surface area contributed by atoms with Crippen molar-refractivity contribution in [1.29, 1.82) is 0 Å². The summed E-state index contributed by atoms with van der Waals surface area (Å²) in [6.45, 7) is 8.76. The monoisotopic (exact) mass is 410 g/mol. The molecule has 3 aromatic rings. The van der Waals surface area contributed by atoms with Gasteiger partial charge >= 0.3 is 5.69 Å². The van der Waals surface area contributed by atoms with E-state index in [0.717, 1.165) is 35.0 Å². The van der Waals surface area contributed by atoms with Crippen molar-refractivity contribution in [3.63, 3.8) is 0 Å². The molecule has 0 bridgehead atoms. The summed E-state index contributed by atoms with van der Waals surface area (Å²) in [5.41, 5.74) is 1.59. The molecule has 0 aliphatic carbocycles. The fourth-order valence-electron chi connectivity index (χ4n) is 4.13. The quantitative estimate of drug-likeness (QED) is 0.401. The molecule has 7 nitrogen and oxygen atoms in total. The van der Waals surface area contributed by atoms with Crippen molar-refractivity contribution in [1.82, 2.24) is 18.7 Å². The van der Waals surface area contributed by atoms with Gasteiger partial charge in [0.05, 0.1) is 32.5 Å². The van der Waals surface area contributed by atoms with Crippen molar-refractivity contribution in [3.05, 3.63) is 75.7 Å². The Labute approximate surface area is 177 Å². The van der Waals surface area contributed by atoms with E-state index in [9.17, 15) is 9.59 Å². The molecule has 3 rings (SSSR count). The van der Waals surface area contributed by atoms with Gasteiger partial charge in [0.25, 0.3) is 5.56 Å². The van der Waals surface area contributed by atoms with E-state index < -0.39 is 0 Å². The van der Waals surface area contributed by atoms with Crippen LogP contribution < -0.4 is 11.2 Å². The molecule has 0 N–H and O–H groups in total. The highest BCUT2D eigenvalue weighted by Crippen LogP contribution is 2.17. The SMILES string of the molecule is C=CC[N+](C)(CCCn1cnc2c1c(=O)n(C)c(=O)n2C)C(C)Cc1ccccc1. The minimum absolute atomic E-state index is 0.300. The molecule has 0 aliphatic heterocycles. The Hall–Kier alpha value is -2.93. The largest absolute Gasteiger partial charge is 0.332 e. The highest BCUT2D eigenvalue weighted by molar-refractivity contribution is 5.69. The topological polar surface area (TPSA) is 61.8 Å². The lowest BCUT2D eigenvalue weighted by atomic mass is 10.0. The average Bonchev–Trinajstić information content (AvgIpc) is 3.15. The van der Waals surface area contributed by atoms with Crippen LogP contribution in [0.25, 0.3) is 11.2 Å². The lowest BCUT2D eigenvalue weighted by Gasteiger charge is -2.39. The lowest BCUT2D eigenvalue weighted by Crippen LogP contribution is -2.52. The molecule has 0 spiro atoms. The van der Waals surface area contributed by atoms with Crippen molar-refractivity contribution >= 4 is 11.2 Å². The summed E-state index contributed by atoms with van der Waals surface area (Å²) < 4.78 is 5.31. The maximum Gasteiger partial charge on any atom is 0.332 e. The van der Waals surface area contributed by atoms with E-state index in [1.165, 1.54) is 17.2 Å². The number of hydrogen-bond donors (Lipinski definition) is 0. The Morgan fingerprint density at radius 1 is 1.17 bits per heavy atom. The van der Waals surface area contributed by atoms with Gasteiger partial charge in [-0.2, -0.15) is 0 Å². The van der Waals surface area contributed by atoms with Crippen LogP contribution in [0.4, 0.5) is 0 Å². The third-order valence-corrected chi connectivity index (χ3v) is 6.27. The molecule has 2 aromatic heterocycles. The van der Waals surface area contributed by atoms with Gasteiger partial charge in [-0.3, -0.25) is 13.9 Å². The molecule has 0 amide bonds. The number of quaternary nitrogens is 1. The van der Waals surface area contributed by atoms with Crippen LogP contribution >= 0.6 is 0 Å². The first-order valence-corrected chi connectivity index (χ1v) is 10.4. The van der Waals surface area contributed by atoms with Crippen LogP contribution in [0.3, 0.4) is 0 Å². The van der Waals surface area contributed by atoms with Gasteiger partial charge in [-0.1, -0.05) is 36.9 Å². The van der Waals surface area contributed by atoms with Crippen LogP contribution in [-0.2, 0) is 27.1 Å². The number of aromatic nitrogens is 4. The molecule has 160 valence electrons. The Balaban J connectivity index is 1.77. The van der Waals surface area contributed by atoms with E-state index in [2.05, 4.69) is 49.8 Å². The van der Waals surface area contributed by atoms with Gasteiger partial charge in [0, 0.05) is 33.5 Å². The van der Waals surface area contributed by atoms with Crippen molar-refractivity contribution in [2.45, 2.75) is 32.4 Å². The smallest absolute Gasteiger partial charge is 0.325 e. The molecule has 0 aliphatic rings. The van der Waals surface area contributed by atoms with Crippen LogP contribution in [0.2, 0.25) is 0 Å². The summed E-state index contributed by atoms with van der Waals surface area (Å²) in [4.78, 5) is 29.1. The maximum atomic E-state index is 12.6. The first-order valence-electron chi connectivity index (χ1n) is 10.4. The summed E-state index contributed by atoms with van der Waals surface area (Å²) in [5, 5.41) is 0. The fraction of sp³-hybridized carbons (Fsp3) is 0.435. The van der Waals surface area contributed by atoms with Gasteiger partial charge < -0.3 is 9.05 Å². The molecule has 0 radical (unpaired) electrons. The normalized spacial score (nSPS) is 14.5. The predicted molar refractivity (Wildman–Crippen MR) is 121 cm³/mol. The number of nitrogens with zero attached hydrogens (tertiary/aromatic N) is 5. The number of imidazole rings is 1. The molecule has 2 heterocycles. The fourth-order valence-corrected chi connectivity index (χ4v) is 4.13. The van der Waals surface area contributed by atoms with Gasteiger partial charge in [-0.25, -0.2) is 9.78 Å². The van der Waals surface area contributed by atoms with Gasteiger partial charge in [-0.15, -0.1) is 0 Å². The standard InChI is InChI=1S/C23H32N5O2/c1-6-14-28(5,18(2)16-19-11-8-7-9-12-19)15-10-13-27-17-24-21-20(27)22(29)26(4)23(30)25(21)3/h6-9,11-12,17-18H,1,10,13-16H2,2-5H3/q+1. The number of rotatable bonds is 9. The first kappa shape index (κ1) is 21.8. The molecule has 7 heteroatoms. The number of hydrogen-bond acceptors (Lipinski definition) is 3. The van der Waals surface area contributed by atoms with Crippen LogP contribution in [0.1, 0.15) is 18.9 Å². The Bertz CT molecular complexity index is 1140. The summed E-state index contributed by atoms with van der Waals surface area (Å²) in [6, 6.07) is 11.0. The third-order valence-electron chi connectivity index (χ3n) is 6.27. The third kappa shape index (κ3) is 4.16. The zero-order valence-electron chi connectivity index (χ0n) is 18.4. The molecule has 2 atom stereocenters. The van der Waals surface area contributed by atoms with Gasteiger partial charge in [0.2, 0.25) is 0 Å². The summed E-state index contributed by atoms with van der Waals surface area (Å²) in [5.74, 6) is 0. The van der Waals surface area contributed by atoms with Gasteiger partial charge in [-0.05, 0) is 18.6 Å². The first-order chi connectivity index (χ1) is 14.3. The Kier molecular flexibility index (Phi) is 6.41. The summed E-state index contributed by atoms with van der Waals surface area (Å²) >= 11 is 0. The Morgan fingerprint density at radius 3 is 2.53 bits per heavy atom. The van der Waals surface area contributed by atoms with Crippen LogP contribution in [-0.4, -0.2) is 49.3 Å². The molecular formula is C23H32N5O2+. The summed E-state index contributed by atoms with van der Waals surface area (Å²) in [6.07, 6.45) is 5.54. The zero-order chi connectivity index (χ0) is 21.9. The predicted octanol–water partition coefficient (Wildman–Crippen LogP) is 2.09. The van der Waals surface area contributed by atoms with Crippen molar-refractivity contribution in [3.8, 4) is 0 Å². The number of likely N-dealkylation sites (N-methyl/N-ethyl adjacent to an activating group) is 1. The van der Waals surface area contributed by atoms with Crippen LogP contribution in [0.15, 0.2) is 58.9 Å². The minimum atomic E-state index is -0.359. The number of fused-ring (bicyclic) bond motifs is 1. The second-order valence-corrected chi connectivity index (χ2v) is 8.38. The number of aryl methyl sites for hydroxylation is 2. The molecule has 0 fully saturated rings. The maximum absolute atomic E-state index is 12.6. The van der Waals surface area contributed by atoms with E-state index in [1.54, 1.807) is 13.4 Å². The van der Waals surface area contributed by atoms with Crippen molar-refractivity contribution < 1.29 is 4.48 Å². The van der Waals surface area contributed by atoms with E-state index in [0.29, 0.717) is 23.8 Å². The molecule has 30 heavy (non-hydrogen) atoms. The minimum Gasteiger partial charge on any atom is -0.325 e. The second-order valence-electron chi connectivity index (χ2n) is 8.38. The molecular weight excluding hydrogens is 378 g/mol.